The first-order valence-electron chi connectivity index (χ1n) is 10.7. The number of amides is 3. The second kappa shape index (κ2) is 11.1. The first-order chi connectivity index (χ1) is 14.8. The number of carbonyl (C=O) groups excluding carboxylic acids is 3. The van der Waals surface area contributed by atoms with Crippen molar-refractivity contribution in [3.05, 3.63) is 59.8 Å². The average Bonchev–Trinajstić information content (AvgIpc) is 3.11. The van der Waals surface area contributed by atoms with Gasteiger partial charge in [0, 0.05) is 18.7 Å². The van der Waals surface area contributed by atoms with E-state index in [2.05, 4.69) is 10.3 Å². The highest BCUT2D eigenvalue weighted by atomic mass is 35.5. The number of halogens is 1. The van der Waals surface area contributed by atoms with Crippen molar-refractivity contribution in [1.82, 2.24) is 10.3 Å². The van der Waals surface area contributed by atoms with Crippen molar-refractivity contribution in [2.75, 3.05) is 11.4 Å². The van der Waals surface area contributed by atoms with Gasteiger partial charge in [-0.15, -0.1) is 12.4 Å². The number of benzene rings is 1. The van der Waals surface area contributed by atoms with E-state index in [1.165, 1.54) is 0 Å². The molecule has 32 heavy (non-hydrogen) atoms. The SMILES string of the molecule is CC(C)[C@H](C(=O)N1c2ncccc2CC1CNC(=O)Cc1ccccc1)C(C)C(N)=O.Cl. The third-order valence-corrected chi connectivity index (χ3v) is 5.89. The summed E-state index contributed by atoms with van der Waals surface area (Å²) in [5, 5.41) is 2.96. The molecule has 0 bridgehead atoms. The number of primary amides is 1. The largest absolute Gasteiger partial charge is 0.369 e. The zero-order chi connectivity index (χ0) is 22.5. The van der Waals surface area contributed by atoms with Gasteiger partial charge in [-0.2, -0.15) is 0 Å². The molecule has 1 aromatic carbocycles. The molecule has 2 heterocycles. The lowest BCUT2D eigenvalue weighted by atomic mass is 9.82. The molecule has 2 unspecified atom stereocenters. The van der Waals surface area contributed by atoms with Crippen LogP contribution < -0.4 is 16.0 Å². The minimum Gasteiger partial charge on any atom is -0.369 e. The lowest BCUT2D eigenvalue weighted by Crippen LogP contribution is -2.51. The number of hydrogen-bond acceptors (Lipinski definition) is 4. The molecule has 172 valence electrons. The average molecular weight is 459 g/mol. The lowest BCUT2D eigenvalue weighted by Gasteiger charge is -2.32. The molecule has 0 radical (unpaired) electrons. The number of nitrogens with two attached hydrogens (primary N) is 1. The van der Waals surface area contributed by atoms with Gasteiger partial charge in [-0.3, -0.25) is 19.3 Å². The summed E-state index contributed by atoms with van der Waals surface area (Å²) in [5.41, 5.74) is 7.41. The molecule has 1 aliphatic heterocycles. The summed E-state index contributed by atoms with van der Waals surface area (Å²) in [5.74, 6) is -1.43. The van der Waals surface area contributed by atoms with Crippen molar-refractivity contribution in [1.29, 1.82) is 0 Å². The summed E-state index contributed by atoms with van der Waals surface area (Å²) in [6, 6.07) is 13.0. The summed E-state index contributed by atoms with van der Waals surface area (Å²) >= 11 is 0. The molecule has 7 nitrogen and oxygen atoms in total. The molecule has 3 amide bonds. The number of carbonyl (C=O) groups is 3. The molecule has 3 rings (SSSR count). The van der Waals surface area contributed by atoms with Crippen LogP contribution in [-0.4, -0.2) is 35.3 Å². The number of aromatic nitrogens is 1. The van der Waals surface area contributed by atoms with Crippen LogP contribution in [0.15, 0.2) is 48.7 Å². The van der Waals surface area contributed by atoms with Gasteiger partial charge < -0.3 is 11.1 Å². The third kappa shape index (κ3) is 5.65. The molecule has 8 heteroatoms. The van der Waals surface area contributed by atoms with E-state index in [1.54, 1.807) is 18.0 Å². The Labute approximate surface area is 195 Å². The van der Waals surface area contributed by atoms with E-state index >= 15 is 0 Å². The Morgan fingerprint density at radius 1 is 1.12 bits per heavy atom. The molecule has 1 aliphatic rings. The lowest BCUT2D eigenvalue weighted by molar-refractivity contribution is -0.133. The highest BCUT2D eigenvalue weighted by Crippen LogP contribution is 2.34. The first-order valence-corrected chi connectivity index (χ1v) is 10.7. The van der Waals surface area contributed by atoms with Gasteiger partial charge in [0.25, 0.3) is 0 Å². The molecule has 0 aliphatic carbocycles. The fourth-order valence-corrected chi connectivity index (χ4v) is 4.26. The number of hydrogen-bond donors (Lipinski definition) is 2. The van der Waals surface area contributed by atoms with Crippen LogP contribution in [0, 0.1) is 17.8 Å². The molecular weight excluding hydrogens is 428 g/mol. The van der Waals surface area contributed by atoms with Crippen LogP contribution >= 0.6 is 12.4 Å². The van der Waals surface area contributed by atoms with Crippen molar-refractivity contribution in [2.24, 2.45) is 23.5 Å². The van der Waals surface area contributed by atoms with E-state index in [0.29, 0.717) is 18.8 Å². The number of fused-ring (bicyclic) bond motifs is 1. The number of pyridine rings is 1. The van der Waals surface area contributed by atoms with E-state index in [1.807, 2.05) is 56.3 Å². The maximum absolute atomic E-state index is 13.6. The Morgan fingerprint density at radius 2 is 1.81 bits per heavy atom. The number of nitrogens with one attached hydrogen (secondary N) is 1. The van der Waals surface area contributed by atoms with E-state index in [9.17, 15) is 14.4 Å². The van der Waals surface area contributed by atoms with Crippen molar-refractivity contribution in [3.8, 4) is 0 Å². The van der Waals surface area contributed by atoms with E-state index in [4.69, 9.17) is 5.73 Å². The minimum atomic E-state index is -0.603. The minimum absolute atomic E-state index is 0. The summed E-state index contributed by atoms with van der Waals surface area (Å²) in [7, 11) is 0. The van der Waals surface area contributed by atoms with Crippen LogP contribution in [0.4, 0.5) is 5.82 Å². The van der Waals surface area contributed by atoms with Gasteiger partial charge in [0.1, 0.15) is 5.82 Å². The maximum Gasteiger partial charge on any atom is 0.232 e. The Morgan fingerprint density at radius 3 is 2.44 bits per heavy atom. The highest BCUT2D eigenvalue weighted by molar-refractivity contribution is 5.99. The molecule has 1 aromatic heterocycles. The van der Waals surface area contributed by atoms with Crippen LogP contribution in [0.25, 0.3) is 0 Å². The second-order valence-corrected chi connectivity index (χ2v) is 8.48. The number of anilines is 1. The molecule has 3 atom stereocenters. The van der Waals surface area contributed by atoms with E-state index in [0.717, 1.165) is 11.1 Å². The molecule has 0 spiro atoms. The molecule has 0 fully saturated rings. The van der Waals surface area contributed by atoms with Gasteiger partial charge in [0.15, 0.2) is 0 Å². The van der Waals surface area contributed by atoms with E-state index < -0.39 is 17.7 Å². The third-order valence-electron chi connectivity index (χ3n) is 5.89. The topological polar surface area (TPSA) is 105 Å². The maximum atomic E-state index is 13.6. The molecule has 3 N–H and O–H groups in total. The van der Waals surface area contributed by atoms with Crippen molar-refractivity contribution in [3.63, 3.8) is 0 Å². The number of rotatable bonds is 8. The summed E-state index contributed by atoms with van der Waals surface area (Å²) < 4.78 is 0. The van der Waals surface area contributed by atoms with Gasteiger partial charge in [-0.25, -0.2) is 4.98 Å². The van der Waals surface area contributed by atoms with Gasteiger partial charge in [-0.1, -0.05) is 57.2 Å². The first kappa shape index (κ1) is 25.3. The van der Waals surface area contributed by atoms with Crippen LogP contribution in [0.2, 0.25) is 0 Å². The van der Waals surface area contributed by atoms with Crippen molar-refractivity contribution >= 4 is 35.9 Å². The standard InChI is InChI=1S/C24H30N4O3.ClH/c1-15(2)21(16(3)22(25)30)24(31)28-19(13-18-10-7-11-26-23(18)28)14-27-20(29)12-17-8-5-4-6-9-17;/h4-11,15-16,19,21H,12-14H2,1-3H3,(H2,25,30)(H,27,29);1H/t16?,19?,21-;/m0./s1. The van der Waals surface area contributed by atoms with Crippen LogP contribution in [0.5, 0.6) is 0 Å². The predicted octanol–water partition coefficient (Wildman–Crippen LogP) is 2.51. The van der Waals surface area contributed by atoms with E-state index in [-0.39, 0.29) is 42.6 Å². The Hall–Kier alpha value is -2.93. The zero-order valence-electron chi connectivity index (χ0n) is 18.7. The summed E-state index contributed by atoms with van der Waals surface area (Å²) in [6.45, 7) is 5.82. The van der Waals surface area contributed by atoms with Gasteiger partial charge in [0.05, 0.1) is 18.4 Å². The molecular formula is C24H31ClN4O3. The molecule has 0 saturated carbocycles. The Kier molecular flexibility index (Phi) is 8.78. The van der Waals surface area contributed by atoms with Crippen LogP contribution in [0.3, 0.4) is 0 Å². The fourth-order valence-electron chi connectivity index (χ4n) is 4.26. The molecule has 0 saturated heterocycles. The Bertz CT molecular complexity index is 951. The summed E-state index contributed by atoms with van der Waals surface area (Å²) in [4.78, 5) is 44.0. The highest BCUT2D eigenvalue weighted by Gasteiger charge is 2.41. The monoisotopic (exact) mass is 458 g/mol. The summed E-state index contributed by atoms with van der Waals surface area (Å²) in [6.07, 6.45) is 2.52. The van der Waals surface area contributed by atoms with Crippen LogP contribution in [0.1, 0.15) is 31.9 Å². The van der Waals surface area contributed by atoms with Crippen molar-refractivity contribution < 1.29 is 14.4 Å². The quantitative estimate of drug-likeness (QED) is 0.633. The Balaban J connectivity index is 0.00000363. The fraction of sp³-hybridized carbons (Fsp3) is 0.417. The van der Waals surface area contributed by atoms with Gasteiger partial charge >= 0.3 is 0 Å². The van der Waals surface area contributed by atoms with Gasteiger partial charge in [0.2, 0.25) is 17.7 Å². The normalized spacial score (nSPS) is 16.6. The predicted molar refractivity (Wildman–Crippen MR) is 126 cm³/mol. The van der Waals surface area contributed by atoms with Crippen LogP contribution in [-0.2, 0) is 27.2 Å². The number of nitrogens with zero attached hydrogens (tertiary/aromatic N) is 2. The zero-order valence-corrected chi connectivity index (χ0v) is 19.5. The molecule has 2 aromatic rings. The second-order valence-electron chi connectivity index (χ2n) is 8.48. The van der Waals surface area contributed by atoms with Gasteiger partial charge in [-0.05, 0) is 29.5 Å². The smallest absolute Gasteiger partial charge is 0.232 e. The van der Waals surface area contributed by atoms with Crippen molar-refractivity contribution in [2.45, 2.75) is 39.7 Å².